The number of para-hydroxylation sites is 2. The molecular weight excluding hydrogens is 454 g/mol. The first-order valence-electron chi connectivity index (χ1n) is 10.3. The third-order valence-corrected chi connectivity index (χ3v) is 6.94. The van der Waals surface area contributed by atoms with Crippen LogP contribution in [-0.4, -0.2) is 27.8 Å². The zero-order valence-electron chi connectivity index (χ0n) is 17.9. The molecule has 0 saturated heterocycles. The summed E-state index contributed by atoms with van der Waals surface area (Å²) < 4.78 is 8.25. The average Bonchev–Trinajstić information content (AvgIpc) is 3.36. The molecule has 1 unspecified atom stereocenters. The van der Waals surface area contributed by atoms with E-state index in [9.17, 15) is 15.0 Å². The minimum absolute atomic E-state index is 0. The molecule has 4 N–H and O–H groups in total. The molecule has 5 aromatic rings. The fourth-order valence-electron chi connectivity index (χ4n) is 4.39. The van der Waals surface area contributed by atoms with Crippen molar-refractivity contribution in [3.63, 3.8) is 0 Å². The second kappa shape index (κ2) is 7.98. The Hall–Kier alpha value is -4.21. The van der Waals surface area contributed by atoms with Gasteiger partial charge in [-0.2, -0.15) is 4.24 Å². The Balaban J connectivity index is 0.00000241. The van der Waals surface area contributed by atoms with Gasteiger partial charge in [0, 0.05) is 10.9 Å². The van der Waals surface area contributed by atoms with Gasteiger partial charge >= 0.3 is 4.80 Å². The van der Waals surface area contributed by atoms with Crippen molar-refractivity contribution in [2.45, 2.75) is 6.04 Å². The van der Waals surface area contributed by atoms with Gasteiger partial charge in [-0.1, -0.05) is 35.3 Å². The number of benzene rings is 3. The van der Waals surface area contributed by atoms with Crippen LogP contribution in [0.15, 0.2) is 76.5 Å². The molecule has 0 amide bonds. The highest BCUT2D eigenvalue weighted by molar-refractivity contribution is 7.15. The number of methoxy groups -OCH3 is 1. The molecule has 9 heteroatoms. The van der Waals surface area contributed by atoms with Crippen molar-refractivity contribution < 1.29 is 24.7 Å². The number of thiazole rings is 1. The SMILES string of the molecule is COc1cc(C2N=c3sc4ccccc4[n+]3=C2c2c(O)c3ccccc3[nH]c2=O)ccc1O.[OH-]. The third kappa shape index (κ3) is 3.06. The number of fused-ring (bicyclic) bond motifs is 4. The molecule has 34 heavy (non-hydrogen) atoms. The van der Waals surface area contributed by atoms with Crippen LogP contribution in [0.5, 0.6) is 17.2 Å². The van der Waals surface area contributed by atoms with Gasteiger partial charge in [0.1, 0.15) is 11.3 Å². The Labute approximate surface area is 196 Å². The van der Waals surface area contributed by atoms with Crippen molar-refractivity contribution >= 4 is 32.5 Å². The standard InChI is InChI=1S/C25H17N3O4S.H2O/c1-32-18-12-13(10-11-17(18)29)21-22(28-16-8-4-5-9-19(16)33-25(28)27-21)20-23(30)14-6-2-3-7-15(14)26-24(20)31;/h2-12,21H,1H3,(H2,26,29,30,31);1H2. The van der Waals surface area contributed by atoms with Gasteiger partial charge < -0.3 is 25.4 Å². The zero-order chi connectivity index (χ0) is 22.7. The van der Waals surface area contributed by atoms with E-state index in [1.807, 2.05) is 34.6 Å². The predicted octanol–water partition coefficient (Wildman–Crippen LogP) is 3.08. The minimum atomic E-state index is -0.580. The van der Waals surface area contributed by atoms with Crippen molar-refractivity contribution in [3.8, 4) is 17.2 Å². The lowest BCUT2D eigenvalue weighted by Crippen LogP contribution is -2.35. The Kier molecular flexibility index (Phi) is 5.07. The van der Waals surface area contributed by atoms with Crippen molar-refractivity contribution in [2.75, 3.05) is 7.11 Å². The highest BCUT2D eigenvalue weighted by Gasteiger charge is 2.38. The summed E-state index contributed by atoms with van der Waals surface area (Å²) in [4.78, 5) is 21.9. The molecule has 6 rings (SSSR count). The molecule has 0 bridgehead atoms. The van der Waals surface area contributed by atoms with Crippen LogP contribution in [0.1, 0.15) is 17.2 Å². The lowest BCUT2D eigenvalue weighted by atomic mass is 9.96. The van der Waals surface area contributed by atoms with Crippen molar-refractivity contribution in [1.82, 2.24) is 4.98 Å². The second-order valence-electron chi connectivity index (χ2n) is 7.76. The summed E-state index contributed by atoms with van der Waals surface area (Å²) in [5, 5.41) is 21.9. The number of nitrogens with zero attached hydrogens (tertiary/aromatic N) is 2. The number of aromatic amines is 1. The Morgan fingerprint density at radius 3 is 2.65 bits per heavy atom. The summed E-state index contributed by atoms with van der Waals surface area (Å²) >= 11 is 1.51. The van der Waals surface area contributed by atoms with E-state index in [1.54, 1.807) is 36.4 Å². The zero-order valence-corrected chi connectivity index (χ0v) is 18.7. The largest absolute Gasteiger partial charge is 0.870 e. The first kappa shape index (κ1) is 21.6. The maximum atomic E-state index is 13.3. The molecule has 8 nitrogen and oxygen atoms in total. The van der Waals surface area contributed by atoms with Crippen LogP contribution in [0.4, 0.5) is 0 Å². The van der Waals surface area contributed by atoms with Gasteiger partial charge in [0.25, 0.3) is 5.56 Å². The molecule has 0 spiro atoms. The molecule has 170 valence electrons. The molecule has 3 aromatic carbocycles. The van der Waals surface area contributed by atoms with E-state index >= 15 is 0 Å². The summed E-state index contributed by atoms with van der Waals surface area (Å²) in [5.74, 6) is 0.231. The molecule has 2 aromatic heterocycles. The summed E-state index contributed by atoms with van der Waals surface area (Å²) in [6.07, 6.45) is 0. The van der Waals surface area contributed by atoms with E-state index in [-0.39, 0.29) is 22.5 Å². The first-order chi connectivity index (χ1) is 16.1. The lowest BCUT2D eigenvalue weighted by molar-refractivity contribution is -0.498. The fraction of sp³-hybridized carbons (Fsp3) is 0.0800. The third-order valence-electron chi connectivity index (χ3n) is 5.91. The summed E-state index contributed by atoms with van der Waals surface area (Å²) in [5.41, 5.74) is 2.51. The lowest BCUT2D eigenvalue weighted by Gasteiger charge is -2.11. The maximum absolute atomic E-state index is 13.3. The quantitative estimate of drug-likeness (QED) is 0.347. The highest BCUT2D eigenvalue weighted by atomic mass is 32.1. The van der Waals surface area contributed by atoms with E-state index in [1.165, 1.54) is 18.4 Å². The van der Waals surface area contributed by atoms with Crippen LogP contribution in [-0.2, 0) is 0 Å². The monoisotopic (exact) mass is 473 g/mol. The van der Waals surface area contributed by atoms with Gasteiger partial charge in [-0.05, 0) is 47.7 Å². The van der Waals surface area contributed by atoms with Gasteiger partial charge in [-0.25, -0.2) is 0 Å². The van der Waals surface area contributed by atoms with Crippen LogP contribution in [0.25, 0.3) is 21.1 Å². The summed E-state index contributed by atoms with van der Waals surface area (Å²) in [7, 11) is 1.48. The van der Waals surface area contributed by atoms with Crippen LogP contribution in [0, 0.1) is 5.71 Å². The molecule has 1 aliphatic heterocycles. The Bertz CT molecular complexity index is 1770. The Morgan fingerprint density at radius 1 is 1.06 bits per heavy atom. The molecule has 3 heterocycles. The smallest absolute Gasteiger partial charge is 0.384 e. The van der Waals surface area contributed by atoms with Crippen molar-refractivity contribution in [1.29, 1.82) is 0 Å². The van der Waals surface area contributed by atoms with E-state index in [4.69, 9.17) is 9.73 Å². The first-order valence-corrected chi connectivity index (χ1v) is 11.1. The number of pyridine rings is 1. The number of ether oxygens (including phenoxy) is 1. The van der Waals surface area contributed by atoms with Gasteiger partial charge in [0.15, 0.2) is 22.7 Å². The Morgan fingerprint density at radius 2 is 1.82 bits per heavy atom. The predicted molar refractivity (Wildman–Crippen MR) is 126 cm³/mol. The van der Waals surface area contributed by atoms with E-state index in [0.717, 1.165) is 20.6 Å². The normalized spacial score (nSPS) is 14.6. The molecule has 0 aliphatic carbocycles. The number of H-pyrrole nitrogens is 1. The number of hydrogen-bond acceptors (Lipinski definition) is 7. The summed E-state index contributed by atoms with van der Waals surface area (Å²) in [6, 6.07) is 19.4. The molecule has 0 fully saturated rings. The van der Waals surface area contributed by atoms with Crippen LogP contribution in [0.2, 0.25) is 0 Å². The van der Waals surface area contributed by atoms with E-state index in [0.29, 0.717) is 22.4 Å². The van der Waals surface area contributed by atoms with E-state index < -0.39 is 11.6 Å². The second-order valence-corrected chi connectivity index (χ2v) is 8.77. The molecular formula is C25H19N3O5S. The molecule has 1 atom stereocenters. The maximum Gasteiger partial charge on any atom is 0.384 e. The van der Waals surface area contributed by atoms with Gasteiger partial charge in [0.2, 0.25) is 6.04 Å². The molecule has 0 saturated carbocycles. The van der Waals surface area contributed by atoms with Crippen molar-refractivity contribution in [2.24, 2.45) is 4.99 Å². The highest BCUT2D eigenvalue weighted by Crippen LogP contribution is 2.37. The van der Waals surface area contributed by atoms with Crippen molar-refractivity contribution in [3.05, 3.63) is 98.7 Å². The van der Waals surface area contributed by atoms with E-state index in [2.05, 4.69) is 4.98 Å². The summed E-state index contributed by atoms with van der Waals surface area (Å²) in [6.45, 7) is 0. The average molecular weight is 474 g/mol. The number of hydrogen-bond donors (Lipinski definition) is 3. The molecule has 1 aliphatic rings. The van der Waals surface area contributed by atoms with Gasteiger partial charge in [-0.3, -0.25) is 4.79 Å². The van der Waals surface area contributed by atoms with Crippen LogP contribution in [0.3, 0.4) is 0 Å². The van der Waals surface area contributed by atoms with Crippen LogP contribution >= 0.6 is 11.3 Å². The number of nitrogens with one attached hydrogen (secondary N) is 1. The number of phenolic OH excluding ortho intramolecular Hbond substituents is 1. The number of phenols is 1. The fourth-order valence-corrected chi connectivity index (χ4v) is 5.45. The topological polar surface area (TPSA) is 131 Å². The van der Waals surface area contributed by atoms with Gasteiger partial charge in [0.05, 0.1) is 17.3 Å². The van der Waals surface area contributed by atoms with Gasteiger partial charge in [-0.15, -0.1) is 0 Å². The van der Waals surface area contributed by atoms with Crippen LogP contribution < -0.4 is 19.3 Å². The minimum Gasteiger partial charge on any atom is -0.870 e. The number of rotatable bonds is 3. The molecule has 0 radical (unpaired) electrons. The number of aromatic nitrogens is 2. The number of aromatic hydroxyl groups is 2.